The minimum atomic E-state index is -1.10. The predicted molar refractivity (Wildman–Crippen MR) is 103 cm³/mol. The van der Waals surface area contributed by atoms with Crippen LogP contribution in [0.4, 0.5) is 5.95 Å². The Kier molecular flexibility index (Phi) is 4.53. The van der Waals surface area contributed by atoms with Crippen molar-refractivity contribution >= 4 is 52.1 Å². The average Bonchev–Trinajstić information content (AvgIpc) is 2.99. The highest BCUT2D eigenvalue weighted by Gasteiger charge is 2.44. The third-order valence-electron chi connectivity index (χ3n) is 4.53. The molecule has 1 amide bonds. The number of hydrogen-bond donors (Lipinski definition) is 1. The number of amides is 1. The molecule has 1 aliphatic rings. The number of benzene rings is 2. The number of para-hydroxylation sites is 2. The average molecular weight is 404 g/mol. The lowest BCUT2D eigenvalue weighted by Gasteiger charge is -2.32. The Balaban J connectivity index is 1.99. The van der Waals surface area contributed by atoms with E-state index >= 15 is 0 Å². The lowest BCUT2D eigenvalue weighted by molar-refractivity contribution is -0.152. The number of nitrogens with zero attached hydrogens (tertiary/aromatic N) is 2. The second-order valence-electron chi connectivity index (χ2n) is 6.12. The monoisotopic (exact) mass is 403 g/mol. The maximum Gasteiger partial charge on any atom is 0.321 e. The first kappa shape index (κ1) is 17.8. The summed E-state index contributed by atoms with van der Waals surface area (Å²) >= 11 is 12.5. The van der Waals surface area contributed by atoms with E-state index in [-0.39, 0.29) is 6.61 Å². The molecule has 0 saturated carbocycles. The number of ether oxygens (including phenoxy) is 1. The Morgan fingerprint density at radius 3 is 2.78 bits per heavy atom. The lowest BCUT2D eigenvalue weighted by Crippen LogP contribution is -2.43. The maximum atomic E-state index is 12.8. The summed E-state index contributed by atoms with van der Waals surface area (Å²) in [4.78, 5) is 29.9. The van der Waals surface area contributed by atoms with Gasteiger partial charge in [0.15, 0.2) is 5.92 Å². The second-order valence-corrected chi connectivity index (χ2v) is 6.97. The van der Waals surface area contributed by atoms with Gasteiger partial charge in [0.25, 0.3) is 0 Å². The molecule has 1 N–H and O–H groups in total. The molecular weight excluding hydrogens is 389 g/mol. The van der Waals surface area contributed by atoms with Crippen LogP contribution in [0.3, 0.4) is 0 Å². The highest BCUT2D eigenvalue weighted by molar-refractivity contribution is 6.35. The van der Waals surface area contributed by atoms with E-state index in [1.54, 1.807) is 25.1 Å². The smallest absolute Gasteiger partial charge is 0.321 e. The van der Waals surface area contributed by atoms with Crippen molar-refractivity contribution in [3.63, 3.8) is 0 Å². The molecule has 8 heteroatoms. The Morgan fingerprint density at radius 2 is 2.04 bits per heavy atom. The molecule has 0 aliphatic carbocycles. The number of halogens is 2. The molecule has 2 heterocycles. The molecule has 138 valence electrons. The minimum absolute atomic E-state index is 0.168. The summed E-state index contributed by atoms with van der Waals surface area (Å²) < 4.78 is 6.98. The molecular formula is C19H15Cl2N3O3. The van der Waals surface area contributed by atoms with Crippen LogP contribution in [0.1, 0.15) is 18.5 Å². The van der Waals surface area contributed by atoms with Gasteiger partial charge in [0.2, 0.25) is 11.9 Å². The van der Waals surface area contributed by atoms with E-state index < -0.39 is 23.8 Å². The van der Waals surface area contributed by atoms with Gasteiger partial charge in [-0.2, -0.15) is 0 Å². The Bertz CT molecular complexity index is 1060. The van der Waals surface area contributed by atoms with E-state index in [2.05, 4.69) is 10.3 Å². The zero-order chi connectivity index (χ0) is 19.1. The van der Waals surface area contributed by atoms with Crippen LogP contribution in [0.25, 0.3) is 11.0 Å². The van der Waals surface area contributed by atoms with Gasteiger partial charge in [-0.05, 0) is 36.8 Å². The molecule has 2 aromatic carbocycles. The quantitative estimate of drug-likeness (QED) is 0.528. The highest BCUT2D eigenvalue weighted by Crippen LogP contribution is 2.41. The first-order valence-electron chi connectivity index (χ1n) is 8.40. The SMILES string of the molecule is CCOC(=O)[C@H]1C(=O)Nc2nc3ccccc3n2[C@@H]1c1ccc(Cl)cc1Cl. The minimum Gasteiger partial charge on any atom is -0.465 e. The van der Waals surface area contributed by atoms with Crippen LogP contribution in [0, 0.1) is 5.92 Å². The molecule has 1 aliphatic heterocycles. The molecule has 6 nitrogen and oxygen atoms in total. The van der Waals surface area contributed by atoms with Crippen LogP contribution >= 0.6 is 23.2 Å². The fraction of sp³-hybridized carbons (Fsp3) is 0.211. The molecule has 0 radical (unpaired) electrons. The van der Waals surface area contributed by atoms with Crippen molar-refractivity contribution in [3.8, 4) is 0 Å². The van der Waals surface area contributed by atoms with E-state index in [1.165, 1.54) is 0 Å². The maximum absolute atomic E-state index is 12.8. The van der Waals surface area contributed by atoms with Crippen molar-refractivity contribution < 1.29 is 14.3 Å². The van der Waals surface area contributed by atoms with Crippen LogP contribution in [0.15, 0.2) is 42.5 Å². The number of fused-ring (bicyclic) bond motifs is 3. The van der Waals surface area contributed by atoms with Crippen molar-refractivity contribution in [1.82, 2.24) is 9.55 Å². The summed E-state index contributed by atoms with van der Waals surface area (Å²) in [5.74, 6) is -1.84. The standard InChI is InChI=1S/C19H15Cl2N3O3/c1-2-27-18(26)15-16(11-8-7-10(20)9-12(11)21)24-14-6-4-3-5-13(14)22-19(24)23-17(15)25/h3-9,15-16H,2H2,1H3,(H,22,23,25)/t15-,16-/m1/s1. The summed E-state index contributed by atoms with van der Waals surface area (Å²) in [6, 6.07) is 11.7. The van der Waals surface area contributed by atoms with Crippen molar-refractivity contribution in [2.24, 2.45) is 5.92 Å². The van der Waals surface area contributed by atoms with E-state index in [4.69, 9.17) is 27.9 Å². The molecule has 0 fully saturated rings. The number of carbonyl (C=O) groups is 2. The van der Waals surface area contributed by atoms with Crippen molar-refractivity contribution in [2.75, 3.05) is 11.9 Å². The van der Waals surface area contributed by atoms with Gasteiger partial charge in [-0.1, -0.05) is 41.4 Å². The lowest BCUT2D eigenvalue weighted by atomic mass is 9.90. The first-order valence-corrected chi connectivity index (χ1v) is 9.16. The van der Waals surface area contributed by atoms with Crippen molar-refractivity contribution in [2.45, 2.75) is 13.0 Å². The number of aromatic nitrogens is 2. The van der Waals surface area contributed by atoms with E-state index in [1.807, 2.05) is 28.8 Å². The Labute approximate surface area is 165 Å². The Hall–Kier alpha value is -2.57. The van der Waals surface area contributed by atoms with Gasteiger partial charge in [0.1, 0.15) is 0 Å². The van der Waals surface area contributed by atoms with E-state index in [0.717, 1.165) is 5.52 Å². The zero-order valence-corrected chi connectivity index (χ0v) is 15.8. The van der Waals surface area contributed by atoms with E-state index in [9.17, 15) is 9.59 Å². The fourth-order valence-electron chi connectivity index (χ4n) is 3.42. The number of anilines is 1. The van der Waals surface area contributed by atoms with E-state index in [0.29, 0.717) is 27.1 Å². The highest BCUT2D eigenvalue weighted by atomic mass is 35.5. The number of imidazole rings is 1. The summed E-state index contributed by atoms with van der Waals surface area (Å²) in [6.45, 7) is 1.86. The fourth-order valence-corrected chi connectivity index (χ4v) is 3.94. The van der Waals surface area contributed by atoms with Crippen molar-refractivity contribution in [3.05, 3.63) is 58.1 Å². The van der Waals surface area contributed by atoms with Gasteiger partial charge < -0.3 is 9.30 Å². The number of hydrogen-bond acceptors (Lipinski definition) is 4. The Morgan fingerprint density at radius 1 is 1.26 bits per heavy atom. The molecule has 27 heavy (non-hydrogen) atoms. The number of carbonyl (C=O) groups excluding carboxylic acids is 2. The number of rotatable bonds is 3. The molecule has 0 saturated heterocycles. The topological polar surface area (TPSA) is 73.2 Å². The van der Waals surface area contributed by atoms with Gasteiger partial charge in [-0.3, -0.25) is 14.9 Å². The summed E-state index contributed by atoms with van der Waals surface area (Å²) in [6.07, 6.45) is 0. The van der Waals surface area contributed by atoms with Gasteiger partial charge >= 0.3 is 5.97 Å². The number of esters is 1. The van der Waals surface area contributed by atoms with Gasteiger partial charge in [0, 0.05) is 10.0 Å². The second kappa shape index (κ2) is 6.87. The largest absolute Gasteiger partial charge is 0.465 e. The normalized spacial score (nSPS) is 18.9. The molecule has 2 atom stereocenters. The molecule has 0 bridgehead atoms. The van der Waals surface area contributed by atoms with Crippen LogP contribution in [0.5, 0.6) is 0 Å². The summed E-state index contributed by atoms with van der Waals surface area (Å²) in [5.41, 5.74) is 2.07. The predicted octanol–water partition coefficient (Wildman–Crippen LogP) is 4.06. The van der Waals surface area contributed by atoms with Crippen LogP contribution < -0.4 is 5.32 Å². The van der Waals surface area contributed by atoms with Crippen molar-refractivity contribution in [1.29, 1.82) is 0 Å². The summed E-state index contributed by atoms with van der Waals surface area (Å²) in [7, 11) is 0. The van der Waals surface area contributed by atoms with Crippen LogP contribution in [0.2, 0.25) is 10.0 Å². The van der Waals surface area contributed by atoms with Crippen LogP contribution in [-0.2, 0) is 14.3 Å². The van der Waals surface area contributed by atoms with Gasteiger partial charge in [0.05, 0.1) is 23.7 Å². The summed E-state index contributed by atoms with van der Waals surface area (Å²) in [5, 5.41) is 3.54. The molecule has 0 unspecified atom stereocenters. The number of nitrogens with one attached hydrogen (secondary N) is 1. The molecule has 3 aromatic rings. The van der Waals surface area contributed by atoms with Gasteiger partial charge in [-0.15, -0.1) is 0 Å². The van der Waals surface area contributed by atoms with Crippen LogP contribution in [-0.4, -0.2) is 28.0 Å². The molecule has 4 rings (SSSR count). The first-order chi connectivity index (χ1) is 13.0. The zero-order valence-electron chi connectivity index (χ0n) is 14.3. The third-order valence-corrected chi connectivity index (χ3v) is 5.09. The van der Waals surface area contributed by atoms with Gasteiger partial charge in [-0.25, -0.2) is 4.98 Å². The molecule has 0 spiro atoms. The molecule has 1 aromatic heterocycles. The third kappa shape index (κ3) is 2.95.